The van der Waals surface area contributed by atoms with Crippen LogP contribution in [-0.4, -0.2) is 36.0 Å². The Morgan fingerprint density at radius 3 is 3.00 bits per heavy atom. The van der Waals surface area contributed by atoms with Gasteiger partial charge in [-0.05, 0) is 44.4 Å². The molecule has 0 bridgehead atoms. The van der Waals surface area contributed by atoms with Crippen molar-refractivity contribution in [3.05, 3.63) is 29.8 Å². The average molecular weight is 276 g/mol. The number of nitrogens with two attached hydrogens (primary N) is 1. The van der Waals surface area contributed by atoms with Gasteiger partial charge in [0.1, 0.15) is 5.75 Å². The standard InChI is InChI=1S/C16H24N2O2/c1-12(2)20-15-7-3-5-13(9-15)10-16(19)18-8-4-6-14(17)11-18/h3,5,7,9,12,14H,4,6,8,10-11,17H2,1-2H3/t14-/m1/s1. The predicted molar refractivity (Wildman–Crippen MR) is 79.7 cm³/mol. The van der Waals surface area contributed by atoms with Crippen LogP contribution in [0.3, 0.4) is 0 Å². The first-order valence-electron chi connectivity index (χ1n) is 7.33. The van der Waals surface area contributed by atoms with Crippen LogP contribution in [0.5, 0.6) is 5.75 Å². The fraction of sp³-hybridized carbons (Fsp3) is 0.562. The summed E-state index contributed by atoms with van der Waals surface area (Å²) in [6.07, 6.45) is 2.58. The maximum absolute atomic E-state index is 12.3. The Labute approximate surface area is 120 Å². The van der Waals surface area contributed by atoms with Crippen molar-refractivity contribution in [2.75, 3.05) is 13.1 Å². The molecule has 1 saturated heterocycles. The number of benzene rings is 1. The molecule has 0 unspecified atom stereocenters. The van der Waals surface area contributed by atoms with Gasteiger partial charge in [-0.1, -0.05) is 12.1 Å². The summed E-state index contributed by atoms with van der Waals surface area (Å²) in [6.45, 7) is 5.50. The number of carbonyl (C=O) groups is 1. The van der Waals surface area contributed by atoms with Gasteiger partial charge in [-0.15, -0.1) is 0 Å². The minimum Gasteiger partial charge on any atom is -0.491 e. The quantitative estimate of drug-likeness (QED) is 0.914. The van der Waals surface area contributed by atoms with Gasteiger partial charge in [-0.3, -0.25) is 4.79 Å². The molecular formula is C16H24N2O2. The van der Waals surface area contributed by atoms with Crippen LogP contribution in [-0.2, 0) is 11.2 Å². The van der Waals surface area contributed by atoms with Crippen LogP contribution in [0.4, 0.5) is 0 Å². The Kier molecular flexibility index (Phi) is 5.01. The zero-order valence-corrected chi connectivity index (χ0v) is 12.3. The van der Waals surface area contributed by atoms with Crippen molar-refractivity contribution in [3.8, 4) is 5.75 Å². The number of piperidine rings is 1. The monoisotopic (exact) mass is 276 g/mol. The zero-order chi connectivity index (χ0) is 14.5. The molecule has 2 rings (SSSR count). The molecule has 1 heterocycles. The molecule has 1 aliphatic heterocycles. The normalized spacial score (nSPS) is 19.2. The predicted octanol–water partition coefficient (Wildman–Crippen LogP) is 1.97. The smallest absolute Gasteiger partial charge is 0.227 e. The first kappa shape index (κ1) is 14.9. The Morgan fingerprint density at radius 2 is 2.30 bits per heavy atom. The van der Waals surface area contributed by atoms with E-state index in [0.29, 0.717) is 13.0 Å². The summed E-state index contributed by atoms with van der Waals surface area (Å²) >= 11 is 0. The number of ether oxygens (including phenoxy) is 1. The molecule has 0 aromatic heterocycles. The Hall–Kier alpha value is -1.55. The fourth-order valence-electron chi connectivity index (χ4n) is 2.52. The van der Waals surface area contributed by atoms with Gasteiger partial charge in [0.2, 0.25) is 5.91 Å². The third-order valence-corrected chi connectivity index (χ3v) is 3.44. The van der Waals surface area contributed by atoms with Gasteiger partial charge in [0.15, 0.2) is 0 Å². The van der Waals surface area contributed by atoms with Gasteiger partial charge in [0.25, 0.3) is 0 Å². The molecule has 0 spiro atoms. The molecular weight excluding hydrogens is 252 g/mol. The second-order valence-corrected chi connectivity index (χ2v) is 5.73. The highest BCUT2D eigenvalue weighted by Crippen LogP contribution is 2.17. The molecule has 4 nitrogen and oxygen atoms in total. The summed E-state index contributed by atoms with van der Waals surface area (Å²) < 4.78 is 5.65. The van der Waals surface area contributed by atoms with Crippen LogP contribution in [0.15, 0.2) is 24.3 Å². The molecule has 2 N–H and O–H groups in total. The van der Waals surface area contributed by atoms with Crippen molar-refractivity contribution in [2.24, 2.45) is 5.73 Å². The van der Waals surface area contributed by atoms with Crippen molar-refractivity contribution in [1.82, 2.24) is 4.90 Å². The van der Waals surface area contributed by atoms with Crippen LogP contribution in [0.1, 0.15) is 32.3 Å². The van der Waals surface area contributed by atoms with Crippen molar-refractivity contribution < 1.29 is 9.53 Å². The van der Waals surface area contributed by atoms with Crippen LogP contribution in [0.25, 0.3) is 0 Å². The maximum atomic E-state index is 12.3. The molecule has 1 aromatic rings. The van der Waals surface area contributed by atoms with E-state index in [-0.39, 0.29) is 18.1 Å². The molecule has 110 valence electrons. The highest BCUT2D eigenvalue weighted by atomic mass is 16.5. The van der Waals surface area contributed by atoms with E-state index >= 15 is 0 Å². The Bertz CT molecular complexity index is 460. The third-order valence-electron chi connectivity index (χ3n) is 3.44. The summed E-state index contributed by atoms with van der Waals surface area (Å²) in [5.41, 5.74) is 6.91. The van der Waals surface area contributed by atoms with E-state index < -0.39 is 0 Å². The number of hydrogen-bond donors (Lipinski definition) is 1. The lowest BCUT2D eigenvalue weighted by molar-refractivity contribution is -0.131. The summed E-state index contributed by atoms with van der Waals surface area (Å²) in [4.78, 5) is 14.2. The molecule has 1 atom stereocenters. The van der Waals surface area contributed by atoms with Gasteiger partial charge < -0.3 is 15.4 Å². The number of nitrogens with zero attached hydrogens (tertiary/aromatic N) is 1. The summed E-state index contributed by atoms with van der Waals surface area (Å²) in [6, 6.07) is 7.90. The number of likely N-dealkylation sites (tertiary alicyclic amines) is 1. The molecule has 0 aliphatic carbocycles. The second-order valence-electron chi connectivity index (χ2n) is 5.73. The van der Waals surface area contributed by atoms with Gasteiger partial charge in [-0.25, -0.2) is 0 Å². The topological polar surface area (TPSA) is 55.6 Å². The van der Waals surface area contributed by atoms with E-state index in [9.17, 15) is 4.79 Å². The minimum atomic E-state index is 0.128. The summed E-state index contributed by atoms with van der Waals surface area (Å²) in [7, 11) is 0. The molecule has 4 heteroatoms. The molecule has 1 aromatic carbocycles. The third kappa shape index (κ3) is 4.23. The summed E-state index contributed by atoms with van der Waals surface area (Å²) in [5.74, 6) is 0.975. The fourth-order valence-corrected chi connectivity index (χ4v) is 2.52. The second kappa shape index (κ2) is 6.75. The van der Waals surface area contributed by atoms with E-state index in [4.69, 9.17) is 10.5 Å². The van der Waals surface area contributed by atoms with Crippen molar-refractivity contribution in [3.63, 3.8) is 0 Å². The number of carbonyl (C=O) groups excluding carboxylic acids is 1. The highest BCUT2D eigenvalue weighted by Gasteiger charge is 2.21. The van der Waals surface area contributed by atoms with Gasteiger partial charge >= 0.3 is 0 Å². The maximum Gasteiger partial charge on any atom is 0.227 e. The van der Waals surface area contributed by atoms with Crippen LogP contribution in [0, 0.1) is 0 Å². The van der Waals surface area contributed by atoms with Crippen LogP contribution in [0.2, 0.25) is 0 Å². The van der Waals surface area contributed by atoms with Gasteiger partial charge in [0.05, 0.1) is 12.5 Å². The Morgan fingerprint density at radius 1 is 1.50 bits per heavy atom. The minimum absolute atomic E-state index is 0.128. The first-order valence-corrected chi connectivity index (χ1v) is 7.33. The first-order chi connectivity index (χ1) is 9.54. The molecule has 0 saturated carbocycles. The molecule has 1 aliphatic rings. The van der Waals surface area contributed by atoms with Crippen molar-refractivity contribution >= 4 is 5.91 Å². The molecule has 1 fully saturated rings. The van der Waals surface area contributed by atoms with Crippen LogP contribution < -0.4 is 10.5 Å². The van der Waals surface area contributed by atoms with E-state index in [1.807, 2.05) is 43.0 Å². The lowest BCUT2D eigenvalue weighted by atomic mass is 10.0. The lowest BCUT2D eigenvalue weighted by Crippen LogP contribution is -2.46. The SMILES string of the molecule is CC(C)Oc1cccc(CC(=O)N2CCC[C@@H](N)C2)c1. The number of amides is 1. The van der Waals surface area contributed by atoms with Crippen molar-refractivity contribution in [2.45, 2.75) is 45.3 Å². The molecule has 0 radical (unpaired) electrons. The Balaban J connectivity index is 1.96. The largest absolute Gasteiger partial charge is 0.491 e. The van der Waals surface area contributed by atoms with Crippen LogP contribution >= 0.6 is 0 Å². The van der Waals surface area contributed by atoms with E-state index in [1.165, 1.54) is 0 Å². The number of hydrogen-bond acceptors (Lipinski definition) is 3. The van der Waals surface area contributed by atoms with E-state index in [0.717, 1.165) is 30.7 Å². The van der Waals surface area contributed by atoms with Gasteiger partial charge in [-0.2, -0.15) is 0 Å². The molecule has 20 heavy (non-hydrogen) atoms. The van der Waals surface area contributed by atoms with Gasteiger partial charge in [0, 0.05) is 19.1 Å². The van der Waals surface area contributed by atoms with Crippen molar-refractivity contribution in [1.29, 1.82) is 0 Å². The molecule has 1 amide bonds. The highest BCUT2D eigenvalue weighted by molar-refractivity contribution is 5.79. The zero-order valence-electron chi connectivity index (χ0n) is 12.3. The van der Waals surface area contributed by atoms with E-state index in [1.54, 1.807) is 0 Å². The number of rotatable bonds is 4. The average Bonchev–Trinajstić information content (AvgIpc) is 2.38. The van der Waals surface area contributed by atoms with E-state index in [2.05, 4.69) is 0 Å². The lowest BCUT2D eigenvalue weighted by Gasteiger charge is -2.30. The summed E-state index contributed by atoms with van der Waals surface area (Å²) in [5, 5.41) is 0.